The van der Waals surface area contributed by atoms with Crippen LogP contribution in [0.25, 0.3) is 0 Å². The van der Waals surface area contributed by atoms with Gasteiger partial charge < -0.3 is 24.8 Å². The first-order valence-electron chi connectivity index (χ1n) is 10.8. The zero-order valence-electron chi connectivity index (χ0n) is 19.2. The Bertz CT molecular complexity index is 1120. The molecule has 8 heteroatoms. The maximum atomic E-state index is 12.3. The summed E-state index contributed by atoms with van der Waals surface area (Å²) >= 11 is 4.41. The van der Waals surface area contributed by atoms with Crippen LogP contribution in [0.5, 0.6) is 17.2 Å². The van der Waals surface area contributed by atoms with E-state index in [9.17, 15) is 9.59 Å². The van der Waals surface area contributed by atoms with Gasteiger partial charge in [0.2, 0.25) is 0 Å². The second-order valence-electron chi connectivity index (χ2n) is 7.34. The largest absolute Gasteiger partial charge is 0.493 e. The van der Waals surface area contributed by atoms with E-state index >= 15 is 0 Å². The molecule has 0 fully saturated rings. The molecule has 0 bridgehead atoms. The molecule has 178 valence electrons. The minimum atomic E-state index is -0.310. The molecule has 0 aliphatic heterocycles. The molecule has 0 atom stereocenters. The smallest absolute Gasteiger partial charge is 0.319 e. The van der Waals surface area contributed by atoms with Crippen LogP contribution in [0.4, 0.5) is 10.5 Å². The Hall–Kier alpha value is -3.65. The van der Waals surface area contributed by atoms with Gasteiger partial charge in [-0.2, -0.15) is 12.6 Å². The second kappa shape index (κ2) is 12.6. The normalized spacial score (nSPS) is 10.3. The van der Waals surface area contributed by atoms with Crippen LogP contribution in [0, 0.1) is 0 Å². The van der Waals surface area contributed by atoms with Crippen LogP contribution in [0.1, 0.15) is 23.6 Å². The lowest BCUT2D eigenvalue weighted by atomic mass is 10.1. The van der Waals surface area contributed by atoms with Gasteiger partial charge in [0.1, 0.15) is 5.75 Å². The van der Waals surface area contributed by atoms with Gasteiger partial charge in [-0.3, -0.25) is 4.79 Å². The van der Waals surface area contributed by atoms with Crippen LogP contribution >= 0.6 is 12.6 Å². The van der Waals surface area contributed by atoms with E-state index in [1.807, 2.05) is 30.3 Å². The van der Waals surface area contributed by atoms with Gasteiger partial charge >= 0.3 is 12.0 Å². The van der Waals surface area contributed by atoms with Crippen molar-refractivity contribution in [2.75, 3.05) is 19.0 Å². The summed E-state index contributed by atoms with van der Waals surface area (Å²) in [6.07, 6.45) is 0.134. The van der Waals surface area contributed by atoms with Crippen molar-refractivity contribution >= 4 is 30.3 Å². The molecule has 3 aromatic rings. The third-order valence-corrected chi connectivity index (χ3v) is 5.23. The highest BCUT2D eigenvalue weighted by Crippen LogP contribution is 2.35. The monoisotopic (exact) mass is 480 g/mol. The van der Waals surface area contributed by atoms with Crippen molar-refractivity contribution in [2.24, 2.45) is 0 Å². The number of ether oxygens (including phenoxy) is 3. The Morgan fingerprint density at radius 1 is 0.912 bits per heavy atom. The number of amides is 2. The van der Waals surface area contributed by atoms with E-state index in [0.29, 0.717) is 41.8 Å². The Kier molecular flexibility index (Phi) is 9.22. The van der Waals surface area contributed by atoms with Gasteiger partial charge in [-0.25, -0.2) is 4.79 Å². The molecule has 0 spiro atoms. The van der Waals surface area contributed by atoms with Gasteiger partial charge in [-0.05, 0) is 48.4 Å². The number of esters is 1. The third kappa shape index (κ3) is 7.18. The van der Waals surface area contributed by atoms with E-state index < -0.39 is 0 Å². The van der Waals surface area contributed by atoms with Crippen LogP contribution < -0.4 is 20.1 Å². The van der Waals surface area contributed by atoms with E-state index in [-0.39, 0.29) is 18.4 Å². The maximum absolute atomic E-state index is 12.3. The molecular formula is C26H28N2O5S. The molecule has 3 aromatic carbocycles. The number of methoxy groups -OCH3 is 1. The fraction of sp³-hybridized carbons (Fsp3) is 0.231. The Morgan fingerprint density at radius 2 is 1.68 bits per heavy atom. The number of carbonyl (C=O) groups excluding carboxylic acids is 2. The van der Waals surface area contributed by atoms with Crippen molar-refractivity contribution in [3.8, 4) is 17.2 Å². The van der Waals surface area contributed by atoms with E-state index in [4.69, 9.17) is 14.2 Å². The molecule has 0 radical (unpaired) electrons. The first kappa shape index (κ1) is 25.0. The Morgan fingerprint density at radius 3 is 2.38 bits per heavy atom. The molecule has 3 rings (SSSR count). The molecule has 2 amide bonds. The number of hydrogen-bond acceptors (Lipinski definition) is 6. The Balaban J connectivity index is 1.70. The lowest BCUT2D eigenvalue weighted by Gasteiger charge is -2.15. The molecule has 0 saturated heterocycles. The van der Waals surface area contributed by atoms with Crippen molar-refractivity contribution in [3.05, 3.63) is 83.4 Å². The predicted octanol–water partition coefficient (Wildman–Crippen LogP) is 5.34. The maximum Gasteiger partial charge on any atom is 0.319 e. The summed E-state index contributed by atoms with van der Waals surface area (Å²) in [7, 11) is 1.55. The first-order valence-corrected chi connectivity index (χ1v) is 11.5. The number of urea groups is 1. The van der Waals surface area contributed by atoms with Crippen molar-refractivity contribution in [1.82, 2.24) is 5.32 Å². The van der Waals surface area contributed by atoms with Crippen molar-refractivity contribution in [2.45, 2.75) is 25.6 Å². The van der Waals surface area contributed by atoms with E-state index in [1.165, 1.54) is 0 Å². The molecule has 2 N–H and O–H groups in total. The van der Waals surface area contributed by atoms with Gasteiger partial charge in [-0.1, -0.05) is 36.4 Å². The molecule has 0 heterocycles. The van der Waals surface area contributed by atoms with E-state index in [1.54, 1.807) is 50.4 Å². The molecule has 34 heavy (non-hydrogen) atoms. The average molecular weight is 481 g/mol. The highest BCUT2D eigenvalue weighted by atomic mass is 32.1. The van der Waals surface area contributed by atoms with E-state index in [0.717, 1.165) is 16.7 Å². The number of nitrogens with one attached hydrogen (secondary N) is 2. The number of rotatable bonds is 10. The number of carbonyl (C=O) groups is 2. The summed E-state index contributed by atoms with van der Waals surface area (Å²) in [5.41, 5.74) is 3.15. The Labute approximate surface area is 204 Å². The second-order valence-corrected chi connectivity index (χ2v) is 7.66. The summed E-state index contributed by atoms with van der Waals surface area (Å²) < 4.78 is 16.6. The lowest BCUT2D eigenvalue weighted by molar-refractivity contribution is -0.142. The predicted molar refractivity (Wildman–Crippen MR) is 135 cm³/mol. The van der Waals surface area contributed by atoms with Crippen molar-refractivity contribution in [1.29, 1.82) is 0 Å². The van der Waals surface area contributed by atoms with Crippen LogP contribution in [-0.2, 0) is 28.2 Å². The molecular weight excluding hydrogens is 452 g/mol. The fourth-order valence-electron chi connectivity index (χ4n) is 3.24. The van der Waals surface area contributed by atoms with Gasteiger partial charge in [0.05, 0.1) is 20.1 Å². The molecule has 7 nitrogen and oxygen atoms in total. The first-order chi connectivity index (χ1) is 16.5. The zero-order valence-corrected chi connectivity index (χ0v) is 20.1. The van der Waals surface area contributed by atoms with Crippen molar-refractivity contribution in [3.63, 3.8) is 0 Å². The number of hydrogen-bond donors (Lipinski definition) is 3. The summed E-state index contributed by atoms with van der Waals surface area (Å²) in [6, 6.07) is 20.0. The molecule has 0 aromatic heterocycles. The van der Waals surface area contributed by atoms with Gasteiger partial charge in [0.25, 0.3) is 0 Å². The average Bonchev–Trinajstić information content (AvgIpc) is 2.84. The highest BCUT2D eigenvalue weighted by Gasteiger charge is 2.13. The summed E-state index contributed by atoms with van der Waals surface area (Å²) in [5.74, 6) is 1.64. The van der Waals surface area contributed by atoms with Crippen LogP contribution in [-0.4, -0.2) is 25.7 Å². The zero-order chi connectivity index (χ0) is 24.3. The van der Waals surface area contributed by atoms with Gasteiger partial charge in [0.15, 0.2) is 11.5 Å². The summed E-state index contributed by atoms with van der Waals surface area (Å²) in [4.78, 5) is 24.1. The number of benzene rings is 3. The fourth-order valence-corrected chi connectivity index (χ4v) is 3.49. The molecule has 0 aliphatic carbocycles. The van der Waals surface area contributed by atoms with Crippen LogP contribution in [0.3, 0.4) is 0 Å². The van der Waals surface area contributed by atoms with Gasteiger partial charge in [-0.15, -0.1) is 0 Å². The molecule has 0 aliphatic rings. The minimum Gasteiger partial charge on any atom is -0.493 e. The number of thiol groups is 1. The lowest BCUT2D eigenvalue weighted by Crippen LogP contribution is -2.28. The number of anilines is 1. The minimum absolute atomic E-state index is 0.134. The third-order valence-electron chi connectivity index (χ3n) is 4.89. The standard InChI is InChI=1S/C26H28N2O5S/c1-3-32-25(29)14-19-9-11-23(31-2)24(13-19)33-22-12-10-21(15-20(22)17-34)28-26(30)27-16-18-7-5-4-6-8-18/h4-13,15,34H,3,14,16-17H2,1-2H3,(H2,27,28,30). The summed E-state index contributed by atoms with van der Waals surface area (Å²) in [5, 5.41) is 5.66. The topological polar surface area (TPSA) is 85.9 Å². The van der Waals surface area contributed by atoms with Crippen LogP contribution in [0.2, 0.25) is 0 Å². The van der Waals surface area contributed by atoms with Crippen molar-refractivity contribution < 1.29 is 23.8 Å². The van der Waals surface area contributed by atoms with E-state index in [2.05, 4.69) is 23.3 Å². The summed E-state index contributed by atoms with van der Waals surface area (Å²) in [6.45, 7) is 2.52. The highest BCUT2D eigenvalue weighted by molar-refractivity contribution is 7.79. The van der Waals surface area contributed by atoms with Crippen LogP contribution in [0.15, 0.2) is 66.7 Å². The molecule has 0 unspecified atom stereocenters. The SMILES string of the molecule is CCOC(=O)Cc1ccc(OC)c(Oc2ccc(NC(=O)NCc3ccccc3)cc2CS)c1. The van der Waals surface area contributed by atoms with Gasteiger partial charge in [0, 0.05) is 23.5 Å². The quantitative estimate of drug-likeness (QED) is 0.269. The molecule has 0 saturated carbocycles.